The van der Waals surface area contributed by atoms with E-state index in [2.05, 4.69) is 37.7 Å². The van der Waals surface area contributed by atoms with Gasteiger partial charge in [0, 0.05) is 12.8 Å². The summed E-state index contributed by atoms with van der Waals surface area (Å²) in [6, 6.07) is 6.21. The minimum Gasteiger partial charge on any atom is -0.490 e. The Morgan fingerprint density at radius 3 is 2.58 bits per heavy atom. The molecule has 1 aromatic rings. The van der Waals surface area contributed by atoms with Gasteiger partial charge in [-0.3, -0.25) is 0 Å². The van der Waals surface area contributed by atoms with Crippen molar-refractivity contribution in [3.05, 3.63) is 41.3 Å². The average molecular weight is 259 g/mol. The first-order valence-electron chi connectivity index (χ1n) is 6.66. The van der Waals surface area contributed by atoms with E-state index in [4.69, 9.17) is 9.47 Å². The lowest BCUT2D eigenvalue weighted by atomic mass is 9.92. The molecule has 0 aromatic heterocycles. The molecular formula is C16H21NO2. The predicted molar refractivity (Wildman–Crippen MR) is 77.7 cm³/mol. The van der Waals surface area contributed by atoms with Crippen LogP contribution in [-0.2, 0) is 4.74 Å². The summed E-state index contributed by atoms with van der Waals surface area (Å²) in [6.45, 7) is 9.57. The van der Waals surface area contributed by atoms with Crippen LogP contribution in [0.2, 0.25) is 0 Å². The van der Waals surface area contributed by atoms with Crippen molar-refractivity contribution in [1.82, 2.24) is 0 Å². The molecule has 1 aliphatic rings. The first-order chi connectivity index (χ1) is 9.12. The molecule has 0 spiro atoms. The Bertz CT molecular complexity index is 488. The van der Waals surface area contributed by atoms with Crippen molar-refractivity contribution < 1.29 is 9.47 Å². The molecule has 0 saturated heterocycles. The summed E-state index contributed by atoms with van der Waals surface area (Å²) in [4.78, 5) is 3.81. The van der Waals surface area contributed by atoms with E-state index in [-0.39, 0.29) is 12.2 Å². The molecule has 19 heavy (non-hydrogen) atoms. The fourth-order valence-corrected chi connectivity index (χ4v) is 2.06. The highest BCUT2D eigenvalue weighted by atomic mass is 16.5. The number of ether oxygens (including phenoxy) is 2. The number of aliphatic imine (C=N–C) groups is 1. The molecule has 102 valence electrons. The summed E-state index contributed by atoms with van der Waals surface area (Å²) in [5, 5.41) is 0. The maximum Gasteiger partial charge on any atom is 0.208 e. The maximum atomic E-state index is 5.92. The lowest BCUT2D eigenvalue weighted by Crippen LogP contribution is -2.39. The van der Waals surface area contributed by atoms with Crippen molar-refractivity contribution in [3.8, 4) is 5.75 Å². The Morgan fingerprint density at radius 2 is 2.00 bits per heavy atom. The smallest absolute Gasteiger partial charge is 0.208 e. The molecule has 0 N–H and O–H groups in total. The second-order valence-electron chi connectivity index (χ2n) is 4.98. The number of nitrogens with zero attached hydrogens (tertiary/aromatic N) is 1. The Balaban J connectivity index is 1.81. The van der Waals surface area contributed by atoms with E-state index in [9.17, 15) is 0 Å². The fraction of sp³-hybridized carbons (Fsp3) is 0.438. The molecule has 1 aromatic carbocycles. The molecule has 0 aliphatic heterocycles. The average Bonchev–Trinajstić information content (AvgIpc) is 2.36. The van der Waals surface area contributed by atoms with Gasteiger partial charge in [-0.05, 0) is 56.8 Å². The summed E-state index contributed by atoms with van der Waals surface area (Å²) < 4.78 is 11.6. The molecule has 2 rings (SSSR count). The van der Waals surface area contributed by atoms with Gasteiger partial charge in [-0.15, -0.1) is 0 Å². The Hall–Kier alpha value is -1.77. The van der Waals surface area contributed by atoms with E-state index in [0.717, 1.165) is 18.6 Å². The van der Waals surface area contributed by atoms with Crippen LogP contribution in [-0.4, -0.2) is 18.9 Å². The van der Waals surface area contributed by atoms with E-state index in [1.54, 1.807) is 0 Å². The zero-order chi connectivity index (χ0) is 13.8. The quantitative estimate of drug-likeness (QED) is 0.595. The third kappa shape index (κ3) is 3.37. The van der Waals surface area contributed by atoms with E-state index in [1.165, 1.54) is 11.1 Å². The highest BCUT2D eigenvalue weighted by Gasteiger charge is 2.33. The highest BCUT2D eigenvalue weighted by Crippen LogP contribution is 2.30. The van der Waals surface area contributed by atoms with E-state index in [0.29, 0.717) is 5.88 Å². The molecule has 3 heteroatoms. The lowest BCUT2D eigenvalue weighted by molar-refractivity contribution is -0.0316. The molecule has 0 heterocycles. The van der Waals surface area contributed by atoms with Crippen LogP contribution in [0.1, 0.15) is 30.9 Å². The minimum atomic E-state index is 0.202. The number of allylic oxidation sites excluding steroid dienone is 1. The number of hydrogen-bond acceptors (Lipinski definition) is 3. The summed E-state index contributed by atoms with van der Waals surface area (Å²) in [7, 11) is 0. The predicted octanol–water partition coefficient (Wildman–Crippen LogP) is 3.79. The molecule has 0 unspecified atom stereocenters. The largest absolute Gasteiger partial charge is 0.490 e. The number of aryl methyl sites for hydroxylation is 2. The minimum absolute atomic E-state index is 0.202. The highest BCUT2D eigenvalue weighted by molar-refractivity contribution is 5.34. The number of rotatable bonds is 5. The van der Waals surface area contributed by atoms with Crippen LogP contribution < -0.4 is 4.74 Å². The SMILES string of the molecule is C=N/C(=C\C)OC1CC(Oc2ccc(C)c(C)c2)C1. The van der Waals surface area contributed by atoms with Gasteiger partial charge in [0.05, 0.1) is 0 Å². The standard InChI is InChI=1S/C16H21NO2/c1-5-16(17-4)19-15-9-14(10-15)18-13-7-6-11(2)12(3)8-13/h5-8,14-15H,4,9-10H2,1-3H3/b16-5+. The van der Waals surface area contributed by atoms with Crippen LogP contribution in [0.25, 0.3) is 0 Å². The van der Waals surface area contributed by atoms with Crippen LogP contribution in [0.5, 0.6) is 5.75 Å². The van der Waals surface area contributed by atoms with E-state index >= 15 is 0 Å². The van der Waals surface area contributed by atoms with Gasteiger partial charge in [-0.1, -0.05) is 6.07 Å². The monoisotopic (exact) mass is 259 g/mol. The molecule has 3 nitrogen and oxygen atoms in total. The molecule has 1 aliphatic carbocycles. The molecule has 0 amide bonds. The first-order valence-corrected chi connectivity index (χ1v) is 6.66. The summed E-state index contributed by atoms with van der Waals surface area (Å²) in [6.07, 6.45) is 4.08. The van der Waals surface area contributed by atoms with Crippen molar-refractivity contribution in [1.29, 1.82) is 0 Å². The Morgan fingerprint density at radius 1 is 1.26 bits per heavy atom. The van der Waals surface area contributed by atoms with Gasteiger partial charge >= 0.3 is 0 Å². The molecule has 1 saturated carbocycles. The Labute approximate surface area is 115 Å². The second-order valence-corrected chi connectivity index (χ2v) is 4.98. The maximum absolute atomic E-state index is 5.92. The van der Waals surface area contributed by atoms with Crippen molar-refractivity contribution in [2.24, 2.45) is 4.99 Å². The molecule has 0 bridgehead atoms. The van der Waals surface area contributed by atoms with E-state index in [1.807, 2.05) is 19.1 Å². The van der Waals surface area contributed by atoms with E-state index < -0.39 is 0 Å². The second kappa shape index (κ2) is 5.91. The Kier molecular flexibility index (Phi) is 4.25. The fourth-order valence-electron chi connectivity index (χ4n) is 2.06. The van der Waals surface area contributed by atoms with Crippen LogP contribution >= 0.6 is 0 Å². The molecule has 0 radical (unpaired) electrons. The van der Waals surface area contributed by atoms with Gasteiger partial charge in [0.2, 0.25) is 5.88 Å². The van der Waals surface area contributed by atoms with Gasteiger partial charge in [0.1, 0.15) is 18.0 Å². The molecular weight excluding hydrogens is 238 g/mol. The summed E-state index contributed by atoms with van der Waals surface area (Å²) in [5.41, 5.74) is 2.55. The first kappa shape index (κ1) is 13.7. The molecule has 0 atom stereocenters. The van der Waals surface area contributed by atoms with Gasteiger partial charge < -0.3 is 9.47 Å². The zero-order valence-electron chi connectivity index (χ0n) is 11.8. The van der Waals surface area contributed by atoms with Crippen LogP contribution in [0.4, 0.5) is 0 Å². The van der Waals surface area contributed by atoms with Crippen molar-refractivity contribution in [2.75, 3.05) is 0 Å². The van der Waals surface area contributed by atoms with Gasteiger partial charge in [0.15, 0.2) is 0 Å². The molecule has 1 fully saturated rings. The van der Waals surface area contributed by atoms with Crippen molar-refractivity contribution >= 4 is 6.72 Å². The lowest BCUT2D eigenvalue weighted by Gasteiger charge is -2.35. The number of benzene rings is 1. The summed E-state index contributed by atoms with van der Waals surface area (Å²) >= 11 is 0. The van der Waals surface area contributed by atoms with Crippen LogP contribution in [0.3, 0.4) is 0 Å². The van der Waals surface area contributed by atoms with Gasteiger partial charge in [-0.2, -0.15) is 0 Å². The number of hydrogen-bond donors (Lipinski definition) is 0. The third-order valence-corrected chi connectivity index (χ3v) is 3.52. The normalized spacial score (nSPS) is 22.6. The van der Waals surface area contributed by atoms with Gasteiger partial charge in [-0.25, -0.2) is 4.99 Å². The topological polar surface area (TPSA) is 30.8 Å². The zero-order valence-corrected chi connectivity index (χ0v) is 11.8. The third-order valence-electron chi connectivity index (χ3n) is 3.52. The van der Waals surface area contributed by atoms with Crippen LogP contribution in [0.15, 0.2) is 35.2 Å². The van der Waals surface area contributed by atoms with Gasteiger partial charge in [0.25, 0.3) is 0 Å². The van der Waals surface area contributed by atoms with Crippen molar-refractivity contribution in [3.63, 3.8) is 0 Å². The summed E-state index contributed by atoms with van der Waals surface area (Å²) in [5.74, 6) is 1.55. The van der Waals surface area contributed by atoms with Crippen LogP contribution in [0, 0.1) is 13.8 Å². The van der Waals surface area contributed by atoms with Crippen molar-refractivity contribution in [2.45, 2.75) is 45.8 Å².